The topological polar surface area (TPSA) is 84.9 Å². The van der Waals surface area contributed by atoms with Crippen molar-refractivity contribution in [1.82, 2.24) is 5.32 Å². The molecular weight excluding hydrogens is 186 g/mol. The van der Waals surface area contributed by atoms with Gasteiger partial charge in [-0.1, -0.05) is 0 Å². The van der Waals surface area contributed by atoms with Gasteiger partial charge in [0.05, 0.1) is 19.8 Å². The number of rotatable bonds is 7. The van der Waals surface area contributed by atoms with E-state index in [1.165, 1.54) is 0 Å². The predicted octanol–water partition coefficient (Wildman–Crippen LogP) is -0.958. The lowest BCUT2D eigenvalue weighted by Gasteiger charge is -2.02. The molecule has 74 valence electrons. The van der Waals surface area contributed by atoms with Crippen LogP contribution < -0.4 is 5.32 Å². The van der Waals surface area contributed by atoms with Crippen molar-refractivity contribution in [1.29, 1.82) is 0 Å². The standard InChI is InChI=1S/C5H13NO5S/c1-6-2-3-10-4-5-11-12(7,8)9/h6H,2-5H2,1H3,(H,7,8,9). The molecule has 0 atom stereocenters. The number of hydrogen-bond donors (Lipinski definition) is 2. The average Bonchev–Trinajstić information content (AvgIpc) is 1.94. The van der Waals surface area contributed by atoms with Crippen molar-refractivity contribution >= 4 is 10.4 Å². The van der Waals surface area contributed by atoms with Crippen LogP contribution in [0.15, 0.2) is 0 Å². The molecule has 2 N–H and O–H groups in total. The van der Waals surface area contributed by atoms with Gasteiger partial charge in [-0.05, 0) is 7.05 Å². The summed E-state index contributed by atoms with van der Waals surface area (Å²) in [5, 5.41) is 2.84. The largest absolute Gasteiger partial charge is 0.397 e. The lowest BCUT2D eigenvalue weighted by molar-refractivity contribution is 0.0999. The minimum atomic E-state index is -4.31. The van der Waals surface area contributed by atoms with Crippen LogP contribution in [0.5, 0.6) is 0 Å². The minimum Gasteiger partial charge on any atom is -0.378 e. The molecule has 0 aliphatic heterocycles. The molecule has 0 radical (unpaired) electrons. The summed E-state index contributed by atoms with van der Waals surface area (Å²) in [7, 11) is -2.54. The molecule has 0 rings (SSSR count). The average molecular weight is 199 g/mol. The van der Waals surface area contributed by atoms with Gasteiger partial charge in [0, 0.05) is 6.54 Å². The Balaban J connectivity index is 3.12. The van der Waals surface area contributed by atoms with Crippen LogP contribution in [0.3, 0.4) is 0 Å². The number of nitrogens with one attached hydrogen (secondary N) is 1. The molecule has 0 saturated carbocycles. The van der Waals surface area contributed by atoms with E-state index in [-0.39, 0.29) is 13.2 Å². The molecule has 0 aromatic rings. The van der Waals surface area contributed by atoms with Crippen LogP contribution in [-0.4, -0.2) is 46.4 Å². The Morgan fingerprint density at radius 3 is 2.50 bits per heavy atom. The van der Waals surface area contributed by atoms with Crippen molar-refractivity contribution < 1.29 is 21.9 Å². The zero-order valence-electron chi connectivity index (χ0n) is 6.82. The zero-order valence-corrected chi connectivity index (χ0v) is 7.63. The summed E-state index contributed by atoms with van der Waals surface area (Å²) in [6, 6.07) is 0. The summed E-state index contributed by atoms with van der Waals surface area (Å²) < 4.78 is 37.0. The van der Waals surface area contributed by atoms with Crippen molar-refractivity contribution in [2.24, 2.45) is 0 Å². The second-order valence-corrected chi connectivity index (χ2v) is 3.06. The van der Waals surface area contributed by atoms with E-state index in [1.807, 2.05) is 0 Å². The first kappa shape index (κ1) is 11.8. The number of hydrogen-bond acceptors (Lipinski definition) is 5. The maximum absolute atomic E-state index is 9.99. The minimum absolute atomic E-state index is 0.140. The highest BCUT2D eigenvalue weighted by molar-refractivity contribution is 7.80. The Morgan fingerprint density at radius 1 is 1.33 bits per heavy atom. The first-order valence-corrected chi connectivity index (χ1v) is 4.77. The zero-order chi connectivity index (χ0) is 9.45. The third kappa shape index (κ3) is 9.79. The van der Waals surface area contributed by atoms with Crippen molar-refractivity contribution in [2.75, 3.05) is 33.4 Å². The fourth-order valence-electron chi connectivity index (χ4n) is 0.475. The summed E-state index contributed by atoms with van der Waals surface area (Å²) in [6.45, 7) is 1.14. The van der Waals surface area contributed by atoms with Gasteiger partial charge >= 0.3 is 10.4 Å². The maximum Gasteiger partial charge on any atom is 0.397 e. The molecule has 6 nitrogen and oxygen atoms in total. The van der Waals surface area contributed by atoms with Gasteiger partial charge < -0.3 is 10.1 Å². The first-order chi connectivity index (χ1) is 5.56. The van der Waals surface area contributed by atoms with Crippen LogP contribution in [0.2, 0.25) is 0 Å². The maximum atomic E-state index is 9.99. The molecule has 0 fully saturated rings. The van der Waals surface area contributed by atoms with E-state index in [1.54, 1.807) is 7.05 Å². The first-order valence-electron chi connectivity index (χ1n) is 3.40. The van der Waals surface area contributed by atoms with E-state index in [4.69, 9.17) is 9.29 Å². The lowest BCUT2D eigenvalue weighted by atomic mass is 10.7. The normalized spacial score (nSPS) is 11.8. The molecule has 0 aliphatic rings. The van der Waals surface area contributed by atoms with Crippen LogP contribution in [0.1, 0.15) is 0 Å². The SMILES string of the molecule is CNCCOCCOS(=O)(=O)O. The third-order valence-corrected chi connectivity index (χ3v) is 1.42. The summed E-state index contributed by atoms with van der Waals surface area (Å²) in [5.74, 6) is 0. The Hall–Kier alpha value is -0.210. The molecule has 0 saturated heterocycles. The molecule has 0 bridgehead atoms. The quantitative estimate of drug-likeness (QED) is 0.406. The fraction of sp³-hybridized carbons (Fsp3) is 1.00. The van der Waals surface area contributed by atoms with Gasteiger partial charge in [0.25, 0.3) is 0 Å². The molecule has 12 heavy (non-hydrogen) atoms. The molecule has 0 aliphatic carbocycles. The van der Waals surface area contributed by atoms with E-state index in [9.17, 15) is 8.42 Å². The van der Waals surface area contributed by atoms with Crippen LogP contribution >= 0.6 is 0 Å². The van der Waals surface area contributed by atoms with Crippen molar-refractivity contribution in [3.05, 3.63) is 0 Å². The lowest BCUT2D eigenvalue weighted by Crippen LogP contribution is -2.17. The number of likely N-dealkylation sites (N-methyl/N-ethyl adjacent to an activating group) is 1. The van der Waals surface area contributed by atoms with E-state index < -0.39 is 10.4 Å². The monoisotopic (exact) mass is 199 g/mol. The Morgan fingerprint density at radius 2 is 2.00 bits per heavy atom. The summed E-state index contributed by atoms with van der Waals surface area (Å²) in [6.07, 6.45) is 0. The Kier molecular flexibility index (Phi) is 6.21. The van der Waals surface area contributed by atoms with Gasteiger partial charge in [0.15, 0.2) is 0 Å². The van der Waals surface area contributed by atoms with E-state index in [0.29, 0.717) is 13.2 Å². The summed E-state index contributed by atoms with van der Waals surface area (Å²) >= 11 is 0. The second kappa shape index (κ2) is 6.32. The molecular formula is C5H13NO5S. The van der Waals surface area contributed by atoms with Gasteiger partial charge in [-0.3, -0.25) is 4.55 Å². The van der Waals surface area contributed by atoms with Gasteiger partial charge in [0.1, 0.15) is 0 Å². The van der Waals surface area contributed by atoms with Crippen molar-refractivity contribution in [3.8, 4) is 0 Å². The van der Waals surface area contributed by atoms with Crippen LogP contribution in [0.25, 0.3) is 0 Å². The van der Waals surface area contributed by atoms with Gasteiger partial charge in [0.2, 0.25) is 0 Å². The Bertz CT molecular complexity index is 190. The van der Waals surface area contributed by atoms with Crippen molar-refractivity contribution in [3.63, 3.8) is 0 Å². The molecule has 0 spiro atoms. The third-order valence-electron chi connectivity index (χ3n) is 0.956. The van der Waals surface area contributed by atoms with E-state index >= 15 is 0 Å². The predicted molar refractivity (Wildman–Crippen MR) is 42.2 cm³/mol. The van der Waals surface area contributed by atoms with Gasteiger partial charge in [-0.15, -0.1) is 0 Å². The Labute approximate surface area is 71.8 Å². The van der Waals surface area contributed by atoms with Crippen molar-refractivity contribution in [2.45, 2.75) is 0 Å². The summed E-state index contributed by atoms with van der Waals surface area (Å²) in [4.78, 5) is 0. The second-order valence-electron chi connectivity index (χ2n) is 1.97. The summed E-state index contributed by atoms with van der Waals surface area (Å²) in [5.41, 5.74) is 0. The molecule has 0 heterocycles. The highest BCUT2D eigenvalue weighted by atomic mass is 32.3. The smallest absolute Gasteiger partial charge is 0.378 e. The molecule has 7 heteroatoms. The van der Waals surface area contributed by atoms with Crippen LogP contribution in [0, 0.1) is 0 Å². The number of ether oxygens (including phenoxy) is 1. The van der Waals surface area contributed by atoms with Gasteiger partial charge in [-0.2, -0.15) is 8.42 Å². The highest BCUT2D eigenvalue weighted by Crippen LogP contribution is 1.85. The van der Waals surface area contributed by atoms with E-state index in [2.05, 4.69) is 9.50 Å². The van der Waals surface area contributed by atoms with Crippen LogP contribution in [-0.2, 0) is 19.3 Å². The van der Waals surface area contributed by atoms with Gasteiger partial charge in [-0.25, -0.2) is 4.18 Å². The van der Waals surface area contributed by atoms with E-state index in [0.717, 1.165) is 0 Å². The molecule has 0 unspecified atom stereocenters. The molecule has 0 aromatic carbocycles. The molecule has 0 aromatic heterocycles. The highest BCUT2D eigenvalue weighted by Gasteiger charge is 2.02. The van der Waals surface area contributed by atoms with Crippen LogP contribution in [0.4, 0.5) is 0 Å². The molecule has 0 amide bonds. The fourth-order valence-corrected chi connectivity index (χ4v) is 0.753.